The summed E-state index contributed by atoms with van der Waals surface area (Å²) in [5.74, 6) is -3.52. The Balaban J connectivity index is 2.00. The molecule has 0 spiro atoms. The van der Waals surface area contributed by atoms with Gasteiger partial charge >= 0.3 is 12.1 Å². The molecule has 2 heterocycles. The largest absolute Gasteiger partial charge is 0.456 e. The predicted octanol–water partition coefficient (Wildman–Crippen LogP) is 2.67. The molecule has 0 radical (unpaired) electrons. The molecule has 0 bridgehead atoms. The molecule has 1 aromatic heterocycles. The van der Waals surface area contributed by atoms with Crippen LogP contribution in [0.1, 0.15) is 51.9 Å². The Kier molecular flexibility index (Phi) is 6.66. The fourth-order valence-electron chi connectivity index (χ4n) is 3.34. The maximum absolute atomic E-state index is 12.4. The summed E-state index contributed by atoms with van der Waals surface area (Å²) in [6, 6.07) is -0.876. The van der Waals surface area contributed by atoms with Crippen LogP contribution in [-0.4, -0.2) is 58.6 Å². The second-order valence-electron chi connectivity index (χ2n) is 6.79. The van der Waals surface area contributed by atoms with Crippen LogP contribution in [-0.2, 0) is 14.3 Å². The van der Waals surface area contributed by atoms with Crippen molar-refractivity contribution in [2.24, 2.45) is 0 Å². The minimum Gasteiger partial charge on any atom is -0.456 e. The van der Waals surface area contributed by atoms with Crippen molar-refractivity contribution >= 4 is 23.3 Å². The number of H-pyrrole nitrogens is 1. The van der Waals surface area contributed by atoms with E-state index in [2.05, 4.69) is 4.98 Å². The Labute approximate surface area is 164 Å². The van der Waals surface area contributed by atoms with E-state index in [9.17, 15) is 32.3 Å². The molecule has 2 rings (SSSR count). The number of hydrogen-bond acceptors (Lipinski definition) is 6. The molecular weight excluding hydrogens is 393 g/mol. The number of allylic oxidation sites excluding steroid dienone is 1. The Morgan fingerprint density at radius 3 is 2.45 bits per heavy atom. The maximum atomic E-state index is 12.4. The van der Waals surface area contributed by atoms with Gasteiger partial charge in [-0.05, 0) is 39.2 Å². The first-order valence-corrected chi connectivity index (χ1v) is 8.88. The van der Waals surface area contributed by atoms with Gasteiger partial charge in [0.25, 0.3) is 5.78 Å². The SMILES string of the molecule is CC(=O)c1c(C)[nH]c(C(=O)COC(=O)C2CCCN2C=CC(=O)C(F)(F)F)c1C. The summed E-state index contributed by atoms with van der Waals surface area (Å²) >= 11 is 0. The van der Waals surface area contributed by atoms with E-state index in [1.165, 1.54) is 11.8 Å². The lowest BCUT2D eigenvalue weighted by Crippen LogP contribution is -2.35. The van der Waals surface area contributed by atoms with E-state index >= 15 is 0 Å². The number of ether oxygens (including phenoxy) is 1. The van der Waals surface area contributed by atoms with Crippen molar-refractivity contribution in [3.05, 3.63) is 34.8 Å². The first-order chi connectivity index (χ1) is 13.4. The van der Waals surface area contributed by atoms with Gasteiger partial charge in [0.15, 0.2) is 12.4 Å². The van der Waals surface area contributed by atoms with Crippen LogP contribution < -0.4 is 0 Å². The van der Waals surface area contributed by atoms with E-state index < -0.39 is 36.4 Å². The molecule has 1 saturated heterocycles. The first-order valence-electron chi connectivity index (χ1n) is 8.88. The number of esters is 1. The lowest BCUT2D eigenvalue weighted by molar-refractivity contribution is -0.165. The second kappa shape index (κ2) is 8.62. The first kappa shape index (κ1) is 22.4. The van der Waals surface area contributed by atoms with Crippen molar-refractivity contribution in [2.45, 2.75) is 45.8 Å². The number of hydrogen-bond donors (Lipinski definition) is 1. The van der Waals surface area contributed by atoms with Gasteiger partial charge in [-0.15, -0.1) is 0 Å². The highest BCUT2D eigenvalue weighted by molar-refractivity contribution is 6.04. The third-order valence-corrected chi connectivity index (χ3v) is 4.68. The summed E-state index contributed by atoms with van der Waals surface area (Å²) < 4.78 is 41.9. The van der Waals surface area contributed by atoms with E-state index in [-0.39, 0.29) is 18.0 Å². The van der Waals surface area contributed by atoms with Crippen LogP contribution in [0.5, 0.6) is 0 Å². The van der Waals surface area contributed by atoms with Gasteiger partial charge in [0, 0.05) is 30.1 Å². The Morgan fingerprint density at radius 2 is 1.90 bits per heavy atom. The third-order valence-electron chi connectivity index (χ3n) is 4.68. The van der Waals surface area contributed by atoms with Gasteiger partial charge in [-0.1, -0.05) is 0 Å². The smallest absolute Gasteiger partial charge is 0.454 e. The molecule has 0 amide bonds. The molecule has 0 saturated carbocycles. The summed E-state index contributed by atoms with van der Waals surface area (Å²) in [6.07, 6.45) is -2.84. The number of nitrogens with one attached hydrogen (secondary N) is 1. The van der Waals surface area contributed by atoms with Crippen molar-refractivity contribution in [1.82, 2.24) is 9.88 Å². The molecule has 1 atom stereocenters. The lowest BCUT2D eigenvalue weighted by atomic mass is 10.1. The Bertz CT molecular complexity index is 870. The zero-order valence-corrected chi connectivity index (χ0v) is 16.2. The van der Waals surface area contributed by atoms with Crippen LogP contribution >= 0.6 is 0 Å². The van der Waals surface area contributed by atoms with Crippen molar-refractivity contribution in [1.29, 1.82) is 0 Å². The molecule has 7 nitrogen and oxygen atoms in total. The van der Waals surface area contributed by atoms with E-state index in [0.717, 1.165) is 6.20 Å². The lowest BCUT2D eigenvalue weighted by Gasteiger charge is -2.21. The fraction of sp³-hybridized carbons (Fsp3) is 0.474. The van der Waals surface area contributed by atoms with Crippen molar-refractivity contribution in [2.75, 3.05) is 13.2 Å². The maximum Gasteiger partial charge on any atom is 0.454 e. The molecule has 1 aromatic rings. The number of Topliss-reactive ketones (excluding diaryl/α,β-unsaturated/α-hetero) is 2. The van der Waals surface area contributed by atoms with Crippen LogP contribution in [0.2, 0.25) is 0 Å². The monoisotopic (exact) mass is 414 g/mol. The number of halogens is 3. The number of likely N-dealkylation sites (tertiary alicyclic amines) is 1. The number of rotatable bonds is 7. The van der Waals surface area contributed by atoms with Crippen molar-refractivity contribution in [3.63, 3.8) is 0 Å². The predicted molar refractivity (Wildman–Crippen MR) is 95.5 cm³/mol. The van der Waals surface area contributed by atoms with Crippen molar-refractivity contribution in [3.8, 4) is 0 Å². The second-order valence-corrected chi connectivity index (χ2v) is 6.79. The topological polar surface area (TPSA) is 96.5 Å². The molecule has 0 aliphatic carbocycles. The highest BCUT2D eigenvalue weighted by atomic mass is 19.4. The van der Waals surface area contributed by atoms with E-state index in [0.29, 0.717) is 35.7 Å². The molecule has 1 aliphatic heterocycles. The van der Waals surface area contributed by atoms with E-state index in [4.69, 9.17) is 4.74 Å². The normalized spacial score (nSPS) is 17.0. The number of alkyl halides is 3. The van der Waals surface area contributed by atoms with Gasteiger partial charge in [0.2, 0.25) is 5.78 Å². The third kappa shape index (κ3) is 5.12. The summed E-state index contributed by atoms with van der Waals surface area (Å²) in [5.41, 5.74) is 1.57. The molecular formula is C19H21F3N2O5. The van der Waals surface area contributed by atoms with Gasteiger partial charge in [0.05, 0.1) is 5.69 Å². The standard InChI is InChI=1S/C19H21F3N2O5/c1-10-16(12(3)25)11(2)23-17(10)14(26)9-29-18(28)13-5-4-7-24(13)8-6-15(27)19(20,21)22/h6,8,13,23H,4-5,7,9H2,1-3H3. The van der Waals surface area contributed by atoms with Gasteiger partial charge in [-0.3, -0.25) is 14.4 Å². The Hall–Kier alpha value is -2.91. The van der Waals surface area contributed by atoms with Gasteiger partial charge in [-0.2, -0.15) is 13.2 Å². The number of ketones is 3. The van der Waals surface area contributed by atoms with Crippen LogP contribution in [0.15, 0.2) is 12.3 Å². The quantitative estimate of drug-likeness (QED) is 0.419. The molecule has 158 valence electrons. The minimum atomic E-state index is -4.98. The molecule has 1 aliphatic rings. The molecule has 0 aromatic carbocycles. The van der Waals surface area contributed by atoms with Gasteiger partial charge < -0.3 is 14.6 Å². The van der Waals surface area contributed by atoms with Crippen LogP contribution in [0.25, 0.3) is 0 Å². The number of aromatic nitrogens is 1. The van der Waals surface area contributed by atoms with Crippen LogP contribution in [0.3, 0.4) is 0 Å². The fourth-order valence-corrected chi connectivity index (χ4v) is 3.34. The molecule has 1 unspecified atom stereocenters. The molecule has 10 heteroatoms. The number of carbonyl (C=O) groups is 4. The Morgan fingerprint density at radius 1 is 1.24 bits per heavy atom. The highest BCUT2D eigenvalue weighted by Gasteiger charge is 2.37. The number of aromatic amines is 1. The summed E-state index contributed by atoms with van der Waals surface area (Å²) in [4.78, 5) is 51.3. The highest BCUT2D eigenvalue weighted by Crippen LogP contribution is 2.22. The number of nitrogens with zero attached hydrogens (tertiary/aromatic N) is 1. The summed E-state index contributed by atoms with van der Waals surface area (Å²) in [6.45, 7) is 4.34. The number of carbonyl (C=O) groups excluding carboxylic acids is 4. The van der Waals surface area contributed by atoms with Crippen molar-refractivity contribution < 1.29 is 37.1 Å². The van der Waals surface area contributed by atoms with E-state index in [1.807, 2.05) is 0 Å². The van der Waals surface area contributed by atoms with E-state index in [1.54, 1.807) is 13.8 Å². The molecule has 1 N–H and O–H groups in total. The van der Waals surface area contributed by atoms with Gasteiger partial charge in [-0.25, -0.2) is 4.79 Å². The molecule has 29 heavy (non-hydrogen) atoms. The van der Waals surface area contributed by atoms with Crippen LogP contribution in [0.4, 0.5) is 13.2 Å². The van der Waals surface area contributed by atoms with Gasteiger partial charge in [0.1, 0.15) is 6.04 Å². The zero-order valence-electron chi connectivity index (χ0n) is 16.2. The summed E-state index contributed by atoms with van der Waals surface area (Å²) in [7, 11) is 0. The summed E-state index contributed by atoms with van der Waals surface area (Å²) in [5, 5.41) is 0. The number of aryl methyl sites for hydroxylation is 1. The molecule has 1 fully saturated rings. The minimum absolute atomic E-state index is 0.166. The van der Waals surface area contributed by atoms with Crippen LogP contribution in [0, 0.1) is 13.8 Å². The average molecular weight is 414 g/mol. The average Bonchev–Trinajstić information content (AvgIpc) is 3.20. The zero-order chi connectivity index (χ0) is 21.9.